The van der Waals surface area contributed by atoms with Crippen LogP contribution in [0.4, 0.5) is 0 Å². The molecule has 0 saturated heterocycles. The molecular weight excluding hydrogens is 270 g/mol. The number of hydrogen-bond donors (Lipinski definition) is 0. The molecule has 3 rings (SSSR count). The molecule has 1 aliphatic carbocycles. The van der Waals surface area contributed by atoms with Crippen molar-refractivity contribution in [1.82, 2.24) is 0 Å². The first-order valence-corrected chi connectivity index (χ1v) is 7.51. The highest BCUT2D eigenvalue weighted by molar-refractivity contribution is 6.02. The van der Waals surface area contributed by atoms with Crippen molar-refractivity contribution in [3.8, 4) is 6.07 Å². The minimum absolute atomic E-state index is 0.0565. The summed E-state index contributed by atoms with van der Waals surface area (Å²) in [5.74, 6) is -0.0565. The number of nitriles is 1. The molecule has 0 aliphatic heterocycles. The first-order valence-electron chi connectivity index (χ1n) is 7.51. The van der Waals surface area contributed by atoms with Crippen molar-refractivity contribution < 1.29 is 4.79 Å². The number of hydrogen-bond acceptors (Lipinski definition) is 2. The monoisotopic (exact) mass is 287 g/mol. The number of rotatable bonds is 3. The van der Waals surface area contributed by atoms with Gasteiger partial charge in [0.25, 0.3) is 0 Å². The summed E-state index contributed by atoms with van der Waals surface area (Å²) in [6, 6.07) is 21.6. The molecule has 1 unspecified atom stereocenters. The molecule has 2 nitrogen and oxygen atoms in total. The van der Waals surface area contributed by atoms with Crippen LogP contribution in [0.15, 0.2) is 66.7 Å². The summed E-state index contributed by atoms with van der Waals surface area (Å²) in [6.07, 6.45) is 3.89. The van der Waals surface area contributed by atoms with E-state index in [1.807, 2.05) is 36.4 Å². The van der Waals surface area contributed by atoms with Gasteiger partial charge in [-0.1, -0.05) is 66.7 Å². The van der Waals surface area contributed by atoms with Crippen LogP contribution in [0, 0.1) is 16.7 Å². The van der Waals surface area contributed by atoms with Gasteiger partial charge >= 0.3 is 0 Å². The van der Waals surface area contributed by atoms with Crippen LogP contribution in [0.1, 0.15) is 35.2 Å². The molecular formula is C20H17NO. The van der Waals surface area contributed by atoms with Crippen molar-refractivity contribution in [2.45, 2.75) is 19.3 Å². The van der Waals surface area contributed by atoms with Gasteiger partial charge in [0.2, 0.25) is 0 Å². The van der Waals surface area contributed by atoms with E-state index in [4.69, 9.17) is 0 Å². The standard InChI is InChI=1S/C20H17NO/c21-15-20(19(22)18-9-5-2-6-10-18)13-11-17(12-14-20)16-7-3-1-4-8-16/h1-11H,12-14H2. The van der Waals surface area contributed by atoms with E-state index < -0.39 is 5.41 Å². The lowest BCUT2D eigenvalue weighted by Gasteiger charge is -2.29. The molecule has 0 aromatic heterocycles. The molecule has 0 saturated carbocycles. The Morgan fingerprint density at radius 3 is 2.18 bits per heavy atom. The minimum Gasteiger partial charge on any atom is -0.292 e. The first-order chi connectivity index (χ1) is 10.7. The maximum Gasteiger partial charge on any atom is 0.183 e. The zero-order chi connectivity index (χ0) is 15.4. The molecule has 0 N–H and O–H groups in total. The van der Waals surface area contributed by atoms with E-state index in [2.05, 4.69) is 24.3 Å². The van der Waals surface area contributed by atoms with E-state index in [0.717, 1.165) is 6.42 Å². The fourth-order valence-corrected chi connectivity index (χ4v) is 2.99. The van der Waals surface area contributed by atoms with E-state index in [9.17, 15) is 10.1 Å². The van der Waals surface area contributed by atoms with Crippen LogP contribution in [-0.4, -0.2) is 5.78 Å². The predicted octanol–water partition coefficient (Wildman–Crippen LogP) is 4.65. The lowest BCUT2D eigenvalue weighted by Crippen LogP contribution is -2.31. The molecule has 2 heteroatoms. The molecule has 0 amide bonds. The molecule has 22 heavy (non-hydrogen) atoms. The Morgan fingerprint density at radius 1 is 1.00 bits per heavy atom. The SMILES string of the molecule is N#CC1(C(=O)c2ccccc2)CC=C(c2ccccc2)CC1. The third-order valence-corrected chi connectivity index (χ3v) is 4.35. The van der Waals surface area contributed by atoms with Crippen molar-refractivity contribution in [1.29, 1.82) is 5.26 Å². The number of carbonyl (C=O) groups is 1. The van der Waals surface area contributed by atoms with Gasteiger partial charge in [-0.15, -0.1) is 0 Å². The zero-order valence-corrected chi connectivity index (χ0v) is 12.3. The molecule has 0 heterocycles. The Labute approximate surface area is 130 Å². The van der Waals surface area contributed by atoms with Crippen LogP contribution >= 0.6 is 0 Å². The largest absolute Gasteiger partial charge is 0.292 e. The molecule has 0 bridgehead atoms. The lowest BCUT2D eigenvalue weighted by molar-refractivity contribution is 0.0849. The van der Waals surface area contributed by atoms with Crippen molar-refractivity contribution in [3.63, 3.8) is 0 Å². The molecule has 2 aromatic rings. The summed E-state index contributed by atoms with van der Waals surface area (Å²) in [5, 5.41) is 9.63. The second kappa shape index (κ2) is 5.99. The van der Waals surface area contributed by atoms with Gasteiger partial charge in [0.1, 0.15) is 5.41 Å². The topological polar surface area (TPSA) is 40.9 Å². The summed E-state index contributed by atoms with van der Waals surface area (Å²) in [7, 11) is 0. The molecule has 108 valence electrons. The summed E-state index contributed by atoms with van der Waals surface area (Å²) in [6.45, 7) is 0. The van der Waals surface area contributed by atoms with E-state index in [1.165, 1.54) is 11.1 Å². The average Bonchev–Trinajstić information content (AvgIpc) is 2.62. The van der Waals surface area contributed by atoms with Crippen LogP contribution in [-0.2, 0) is 0 Å². The Bertz CT molecular complexity index is 740. The highest BCUT2D eigenvalue weighted by Crippen LogP contribution is 2.40. The van der Waals surface area contributed by atoms with Crippen LogP contribution in [0.2, 0.25) is 0 Å². The zero-order valence-electron chi connectivity index (χ0n) is 12.3. The third-order valence-electron chi connectivity index (χ3n) is 4.35. The normalized spacial score (nSPS) is 20.8. The third kappa shape index (κ3) is 2.58. The van der Waals surface area contributed by atoms with Crippen LogP contribution in [0.3, 0.4) is 0 Å². The maximum absolute atomic E-state index is 12.7. The predicted molar refractivity (Wildman–Crippen MR) is 87.1 cm³/mol. The van der Waals surface area contributed by atoms with Gasteiger partial charge in [-0.25, -0.2) is 0 Å². The lowest BCUT2D eigenvalue weighted by atomic mass is 9.70. The van der Waals surface area contributed by atoms with E-state index in [1.54, 1.807) is 12.1 Å². The van der Waals surface area contributed by atoms with E-state index >= 15 is 0 Å². The second-order valence-electron chi connectivity index (χ2n) is 5.69. The van der Waals surface area contributed by atoms with E-state index in [-0.39, 0.29) is 5.78 Å². The van der Waals surface area contributed by atoms with Gasteiger partial charge in [0.05, 0.1) is 6.07 Å². The molecule has 0 radical (unpaired) electrons. The maximum atomic E-state index is 12.7. The summed E-state index contributed by atoms with van der Waals surface area (Å²) >= 11 is 0. The number of carbonyl (C=O) groups excluding carboxylic acids is 1. The fourth-order valence-electron chi connectivity index (χ4n) is 2.99. The highest BCUT2D eigenvalue weighted by Gasteiger charge is 2.40. The molecule has 2 aromatic carbocycles. The van der Waals surface area contributed by atoms with Gasteiger partial charge in [-0.3, -0.25) is 4.79 Å². The van der Waals surface area contributed by atoms with Crippen LogP contribution in [0.5, 0.6) is 0 Å². The van der Waals surface area contributed by atoms with Crippen molar-refractivity contribution >= 4 is 11.4 Å². The molecule has 0 fully saturated rings. The summed E-state index contributed by atoms with van der Waals surface area (Å²) in [5.41, 5.74) is 2.12. The fraction of sp³-hybridized carbons (Fsp3) is 0.200. The smallest absolute Gasteiger partial charge is 0.183 e. The first kappa shape index (κ1) is 14.3. The number of ketones is 1. The quantitative estimate of drug-likeness (QED) is 0.771. The van der Waals surface area contributed by atoms with Crippen LogP contribution in [0.25, 0.3) is 5.57 Å². The Balaban J connectivity index is 1.87. The molecule has 1 atom stereocenters. The number of Topliss-reactive ketones (excluding diaryl/α,β-unsaturated/α-hetero) is 1. The van der Waals surface area contributed by atoms with Gasteiger partial charge in [0.15, 0.2) is 5.78 Å². The Hall–Kier alpha value is -2.66. The van der Waals surface area contributed by atoms with Crippen LogP contribution < -0.4 is 0 Å². The molecule has 1 aliphatic rings. The number of allylic oxidation sites excluding steroid dienone is 2. The van der Waals surface area contributed by atoms with E-state index in [0.29, 0.717) is 18.4 Å². The Kier molecular flexibility index (Phi) is 3.89. The summed E-state index contributed by atoms with van der Waals surface area (Å²) in [4.78, 5) is 12.7. The summed E-state index contributed by atoms with van der Waals surface area (Å²) < 4.78 is 0. The van der Waals surface area contributed by atoms with Crippen molar-refractivity contribution in [2.75, 3.05) is 0 Å². The van der Waals surface area contributed by atoms with Gasteiger partial charge < -0.3 is 0 Å². The molecule has 0 spiro atoms. The average molecular weight is 287 g/mol. The second-order valence-corrected chi connectivity index (χ2v) is 5.69. The number of nitrogens with zero attached hydrogens (tertiary/aromatic N) is 1. The number of benzene rings is 2. The highest BCUT2D eigenvalue weighted by atomic mass is 16.1. The van der Waals surface area contributed by atoms with Gasteiger partial charge in [0, 0.05) is 5.56 Å². The Morgan fingerprint density at radius 2 is 1.64 bits per heavy atom. The minimum atomic E-state index is -0.917. The van der Waals surface area contributed by atoms with Gasteiger partial charge in [-0.2, -0.15) is 5.26 Å². The van der Waals surface area contributed by atoms with Gasteiger partial charge in [-0.05, 0) is 30.4 Å². The van der Waals surface area contributed by atoms with Crippen molar-refractivity contribution in [2.24, 2.45) is 5.41 Å². The van der Waals surface area contributed by atoms with Crippen molar-refractivity contribution in [3.05, 3.63) is 77.9 Å².